The average Bonchev–Trinajstić information content (AvgIpc) is 3.19. The topological polar surface area (TPSA) is 98.0 Å². The molecule has 7 nitrogen and oxygen atoms in total. The average molecular weight is 364 g/mol. The molecule has 4 aromatic rings. The molecule has 0 saturated heterocycles. The number of nitrogens with zero attached hydrogens (tertiary/aromatic N) is 4. The van der Waals surface area contributed by atoms with Crippen LogP contribution < -0.4 is 5.43 Å². The van der Waals surface area contributed by atoms with E-state index in [1.165, 1.54) is 16.0 Å². The number of hydrogen-bond acceptors (Lipinski definition) is 6. The Kier molecular flexibility index (Phi) is 4.02. The lowest BCUT2D eigenvalue weighted by Gasteiger charge is -2.11. The maximum atomic E-state index is 12.3. The van der Waals surface area contributed by atoms with Gasteiger partial charge >= 0.3 is 5.97 Å². The molecule has 8 heteroatoms. The molecule has 0 radical (unpaired) electrons. The van der Waals surface area contributed by atoms with Crippen LogP contribution in [0.25, 0.3) is 22.3 Å². The maximum absolute atomic E-state index is 12.3. The van der Waals surface area contributed by atoms with Gasteiger partial charge in [0.2, 0.25) is 11.1 Å². The quantitative estimate of drug-likeness (QED) is 0.598. The fraction of sp³-hybridized carbons (Fsp3) is 0.0556. The van der Waals surface area contributed by atoms with Crippen LogP contribution in [0.15, 0.2) is 58.3 Å². The number of carbonyl (C=O) groups is 1. The number of rotatable bonds is 4. The molecule has 1 N–H and O–H groups in total. The summed E-state index contributed by atoms with van der Waals surface area (Å²) in [6.45, 7) is 0.297. The Balaban J connectivity index is 1.76. The van der Waals surface area contributed by atoms with Crippen molar-refractivity contribution in [2.45, 2.75) is 6.54 Å². The predicted octanol–water partition coefficient (Wildman–Crippen LogP) is 2.66. The number of fused-ring (bicyclic) bond motifs is 1. The molecule has 0 aliphatic rings. The third kappa shape index (κ3) is 2.86. The van der Waals surface area contributed by atoms with Crippen molar-refractivity contribution in [2.75, 3.05) is 0 Å². The molecule has 128 valence electrons. The largest absolute Gasteiger partial charge is 0.476 e. The van der Waals surface area contributed by atoms with Gasteiger partial charge < -0.3 is 5.11 Å². The third-order valence-corrected chi connectivity index (χ3v) is 4.50. The molecule has 0 spiro atoms. The van der Waals surface area contributed by atoms with Crippen LogP contribution in [0.3, 0.4) is 0 Å². The first kappa shape index (κ1) is 16.1. The number of carboxylic acid groups (broad SMARTS) is 1. The standard InChI is InChI=1S/C18H12N4O3S/c23-17-12-3-1-2-4-15(12)22(21-16(17)18(24)25)8-11-5-6-13(19-7-11)14-9-26-10-20-14/h1-7,9-10H,8H2,(H,24,25). The zero-order valence-corrected chi connectivity index (χ0v) is 14.2. The van der Waals surface area contributed by atoms with Crippen LogP contribution in [0, 0.1) is 0 Å². The van der Waals surface area contributed by atoms with Crippen molar-refractivity contribution >= 4 is 28.2 Å². The molecule has 0 aliphatic carbocycles. The Bertz CT molecular complexity index is 1150. The lowest BCUT2D eigenvalue weighted by molar-refractivity contribution is 0.0686. The molecule has 0 saturated carbocycles. The van der Waals surface area contributed by atoms with Crippen LogP contribution in [0.5, 0.6) is 0 Å². The molecule has 4 rings (SSSR count). The molecule has 0 bridgehead atoms. The minimum absolute atomic E-state index is 0.297. The molecule has 3 heterocycles. The van der Waals surface area contributed by atoms with Gasteiger partial charge in [0.1, 0.15) is 0 Å². The molecule has 1 aromatic carbocycles. The van der Waals surface area contributed by atoms with Crippen molar-refractivity contribution in [2.24, 2.45) is 0 Å². The van der Waals surface area contributed by atoms with E-state index in [0.717, 1.165) is 17.0 Å². The van der Waals surface area contributed by atoms with E-state index in [1.54, 1.807) is 36.0 Å². The summed E-state index contributed by atoms with van der Waals surface area (Å²) in [7, 11) is 0. The highest BCUT2D eigenvalue weighted by atomic mass is 32.1. The van der Waals surface area contributed by atoms with Gasteiger partial charge in [0.05, 0.1) is 29.0 Å². The Morgan fingerprint density at radius 3 is 2.65 bits per heavy atom. The van der Waals surface area contributed by atoms with E-state index in [-0.39, 0.29) is 0 Å². The van der Waals surface area contributed by atoms with Gasteiger partial charge in [0.15, 0.2) is 0 Å². The van der Waals surface area contributed by atoms with E-state index >= 15 is 0 Å². The highest BCUT2D eigenvalue weighted by Gasteiger charge is 2.16. The van der Waals surface area contributed by atoms with E-state index < -0.39 is 17.1 Å². The zero-order chi connectivity index (χ0) is 18.1. The van der Waals surface area contributed by atoms with Crippen LogP contribution in [0.2, 0.25) is 0 Å². The molecule has 0 atom stereocenters. The van der Waals surface area contributed by atoms with Crippen LogP contribution in [-0.2, 0) is 6.54 Å². The second-order valence-electron chi connectivity index (χ2n) is 5.58. The molecular formula is C18H12N4O3S. The molecule has 0 unspecified atom stereocenters. The number of aromatic nitrogens is 4. The first-order valence-electron chi connectivity index (χ1n) is 7.70. The molecular weight excluding hydrogens is 352 g/mol. The highest BCUT2D eigenvalue weighted by molar-refractivity contribution is 7.07. The summed E-state index contributed by atoms with van der Waals surface area (Å²) in [6.07, 6.45) is 1.70. The number of aromatic carboxylic acids is 1. The number of hydrogen-bond donors (Lipinski definition) is 1. The van der Waals surface area contributed by atoms with E-state index in [0.29, 0.717) is 17.4 Å². The van der Waals surface area contributed by atoms with E-state index in [2.05, 4.69) is 15.1 Å². The predicted molar refractivity (Wildman–Crippen MR) is 97.4 cm³/mol. The molecule has 26 heavy (non-hydrogen) atoms. The molecule has 3 aromatic heterocycles. The first-order valence-corrected chi connectivity index (χ1v) is 8.64. The van der Waals surface area contributed by atoms with Crippen molar-refractivity contribution in [3.05, 3.63) is 75.0 Å². The van der Waals surface area contributed by atoms with Crippen LogP contribution in [-0.4, -0.2) is 30.8 Å². The minimum Gasteiger partial charge on any atom is -0.476 e. The van der Waals surface area contributed by atoms with Crippen molar-refractivity contribution in [3.8, 4) is 11.4 Å². The highest BCUT2D eigenvalue weighted by Crippen LogP contribution is 2.17. The summed E-state index contributed by atoms with van der Waals surface area (Å²) in [5.41, 5.74) is 3.65. The Morgan fingerprint density at radius 1 is 1.12 bits per heavy atom. The summed E-state index contributed by atoms with van der Waals surface area (Å²) in [4.78, 5) is 32.2. The van der Waals surface area contributed by atoms with Crippen molar-refractivity contribution in [1.29, 1.82) is 0 Å². The first-order chi connectivity index (χ1) is 12.6. The summed E-state index contributed by atoms with van der Waals surface area (Å²) in [5.74, 6) is -1.34. The molecule has 0 amide bonds. The van der Waals surface area contributed by atoms with Gasteiger partial charge in [-0.05, 0) is 23.8 Å². The third-order valence-electron chi connectivity index (χ3n) is 3.92. The van der Waals surface area contributed by atoms with Gasteiger partial charge in [-0.2, -0.15) is 5.10 Å². The minimum atomic E-state index is -1.34. The SMILES string of the molecule is O=C(O)c1nn(Cc2ccc(-c3cscn3)nc2)c2ccccc2c1=O. The number of carboxylic acids is 1. The fourth-order valence-electron chi connectivity index (χ4n) is 2.68. The summed E-state index contributed by atoms with van der Waals surface area (Å²) < 4.78 is 1.51. The van der Waals surface area contributed by atoms with Crippen LogP contribution >= 0.6 is 11.3 Å². The summed E-state index contributed by atoms with van der Waals surface area (Å²) >= 11 is 1.50. The van der Waals surface area contributed by atoms with Gasteiger partial charge in [-0.1, -0.05) is 18.2 Å². The number of pyridine rings is 1. The smallest absolute Gasteiger partial charge is 0.360 e. The maximum Gasteiger partial charge on any atom is 0.360 e. The number of thiazole rings is 1. The van der Waals surface area contributed by atoms with E-state index in [4.69, 9.17) is 0 Å². The molecule has 0 fully saturated rings. The van der Waals surface area contributed by atoms with Gasteiger partial charge in [-0.15, -0.1) is 11.3 Å². The lowest BCUT2D eigenvalue weighted by atomic mass is 10.2. The van der Waals surface area contributed by atoms with Crippen molar-refractivity contribution in [1.82, 2.24) is 19.7 Å². The second-order valence-corrected chi connectivity index (χ2v) is 6.30. The van der Waals surface area contributed by atoms with Gasteiger partial charge in [-0.3, -0.25) is 14.5 Å². The van der Waals surface area contributed by atoms with Gasteiger partial charge in [-0.25, -0.2) is 9.78 Å². The monoisotopic (exact) mass is 364 g/mol. The Morgan fingerprint density at radius 2 is 1.96 bits per heavy atom. The Hall–Kier alpha value is -3.39. The zero-order valence-electron chi connectivity index (χ0n) is 13.4. The van der Waals surface area contributed by atoms with Gasteiger partial charge in [0.25, 0.3) is 0 Å². The normalized spacial score (nSPS) is 10.9. The van der Waals surface area contributed by atoms with Crippen molar-refractivity contribution < 1.29 is 9.90 Å². The van der Waals surface area contributed by atoms with Crippen molar-refractivity contribution in [3.63, 3.8) is 0 Å². The summed E-state index contributed by atoms with van der Waals surface area (Å²) in [6, 6.07) is 10.6. The van der Waals surface area contributed by atoms with E-state index in [9.17, 15) is 14.7 Å². The van der Waals surface area contributed by atoms with Gasteiger partial charge in [0, 0.05) is 17.0 Å². The number of benzene rings is 1. The second kappa shape index (κ2) is 6.49. The molecule has 0 aliphatic heterocycles. The van der Waals surface area contributed by atoms with Crippen LogP contribution in [0.4, 0.5) is 0 Å². The fourth-order valence-corrected chi connectivity index (χ4v) is 3.23. The number of para-hydroxylation sites is 1. The Labute approximate surface area is 151 Å². The lowest BCUT2D eigenvalue weighted by Crippen LogP contribution is -2.23. The van der Waals surface area contributed by atoms with E-state index in [1.807, 2.05) is 17.5 Å². The summed E-state index contributed by atoms with van der Waals surface area (Å²) in [5, 5.41) is 15.5. The van der Waals surface area contributed by atoms with Crippen LogP contribution in [0.1, 0.15) is 16.1 Å².